The SMILES string of the molecule is CCNP(=O)(OC)SCc1c(Cl)sc2ccc(Cl)cc12. The summed E-state index contributed by atoms with van der Waals surface area (Å²) in [5, 5.41) is 4.56. The lowest BCUT2D eigenvalue weighted by Gasteiger charge is -2.15. The van der Waals surface area contributed by atoms with Gasteiger partial charge in [0.15, 0.2) is 0 Å². The topological polar surface area (TPSA) is 38.3 Å². The maximum Gasteiger partial charge on any atom is 0.326 e. The van der Waals surface area contributed by atoms with Gasteiger partial charge in [-0.2, -0.15) is 0 Å². The van der Waals surface area contributed by atoms with Crippen LogP contribution in [0, 0.1) is 0 Å². The van der Waals surface area contributed by atoms with Crippen molar-refractivity contribution < 1.29 is 9.09 Å². The highest BCUT2D eigenvalue weighted by molar-refractivity contribution is 8.55. The van der Waals surface area contributed by atoms with Gasteiger partial charge in [-0.25, -0.2) is 5.09 Å². The molecule has 110 valence electrons. The van der Waals surface area contributed by atoms with Crippen molar-refractivity contribution in [1.82, 2.24) is 5.09 Å². The van der Waals surface area contributed by atoms with Gasteiger partial charge in [0.1, 0.15) is 0 Å². The number of benzene rings is 1. The molecule has 2 rings (SSSR count). The molecule has 1 atom stereocenters. The molecule has 1 N–H and O–H groups in total. The number of halogens is 2. The summed E-state index contributed by atoms with van der Waals surface area (Å²) in [6.45, 7) is -0.398. The Morgan fingerprint density at radius 3 is 2.85 bits per heavy atom. The second kappa shape index (κ2) is 7.01. The Morgan fingerprint density at radius 2 is 2.20 bits per heavy atom. The van der Waals surface area contributed by atoms with Crippen molar-refractivity contribution in [3.05, 3.63) is 33.1 Å². The van der Waals surface area contributed by atoms with Crippen molar-refractivity contribution in [2.75, 3.05) is 13.7 Å². The van der Waals surface area contributed by atoms with Crippen molar-refractivity contribution in [2.24, 2.45) is 0 Å². The molecule has 1 unspecified atom stereocenters. The molecule has 1 aromatic heterocycles. The molecule has 1 heterocycles. The van der Waals surface area contributed by atoms with E-state index in [-0.39, 0.29) is 0 Å². The van der Waals surface area contributed by atoms with E-state index in [0.717, 1.165) is 15.6 Å². The molecule has 0 radical (unpaired) electrons. The van der Waals surface area contributed by atoms with Crippen LogP contribution < -0.4 is 5.09 Å². The predicted octanol–water partition coefficient (Wildman–Crippen LogP) is 5.81. The van der Waals surface area contributed by atoms with Crippen LogP contribution in [0.3, 0.4) is 0 Å². The van der Waals surface area contributed by atoms with Crippen molar-refractivity contribution in [1.29, 1.82) is 0 Å². The van der Waals surface area contributed by atoms with Crippen molar-refractivity contribution in [3.8, 4) is 0 Å². The van der Waals surface area contributed by atoms with Crippen molar-refractivity contribution in [3.63, 3.8) is 0 Å². The van der Waals surface area contributed by atoms with Gasteiger partial charge in [-0.15, -0.1) is 11.3 Å². The zero-order valence-corrected chi connectivity index (χ0v) is 15.0. The minimum absolute atomic E-state index is 0.511. The summed E-state index contributed by atoms with van der Waals surface area (Å²) < 4.78 is 19.2. The van der Waals surface area contributed by atoms with Crippen LogP contribution in [-0.4, -0.2) is 13.7 Å². The molecule has 1 aromatic carbocycles. The molecular weight excluding hydrogens is 356 g/mol. The Labute approximate surface area is 136 Å². The first-order valence-electron chi connectivity index (χ1n) is 5.91. The number of nitrogens with one attached hydrogen (secondary N) is 1. The average molecular weight is 370 g/mol. The van der Waals surface area contributed by atoms with Gasteiger partial charge in [-0.1, -0.05) is 30.1 Å². The monoisotopic (exact) mass is 369 g/mol. The number of hydrogen-bond donors (Lipinski definition) is 1. The van der Waals surface area contributed by atoms with Gasteiger partial charge in [-0.05, 0) is 35.0 Å². The molecule has 0 fully saturated rings. The van der Waals surface area contributed by atoms with Crippen LogP contribution in [0.5, 0.6) is 0 Å². The summed E-state index contributed by atoms with van der Waals surface area (Å²) >= 11 is 15.1. The number of fused-ring (bicyclic) bond motifs is 1. The molecular formula is C12H14Cl2NO2PS2. The molecule has 0 saturated carbocycles. The van der Waals surface area contributed by atoms with Gasteiger partial charge in [-0.3, -0.25) is 4.57 Å². The maximum absolute atomic E-state index is 12.4. The normalized spacial score (nSPS) is 14.6. The number of thiophene rings is 1. The summed E-state index contributed by atoms with van der Waals surface area (Å²) in [5.74, 6) is 0.511. The lowest BCUT2D eigenvalue weighted by Crippen LogP contribution is -2.08. The Morgan fingerprint density at radius 1 is 1.45 bits per heavy atom. The summed E-state index contributed by atoms with van der Waals surface area (Å²) in [6, 6.07) is 5.68. The molecule has 0 bridgehead atoms. The zero-order chi connectivity index (χ0) is 14.8. The standard InChI is InChI=1S/C12H14Cl2NO2PS2/c1-3-15-18(16,17-2)19-7-10-9-6-8(13)4-5-11(9)20-12(10)14/h4-6H,3,7H2,1-2H3,(H,15,16). The second-order valence-electron chi connectivity index (χ2n) is 3.96. The van der Waals surface area contributed by atoms with E-state index >= 15 is 0 Å². The molecule has 2 aromatic rings. The lowest BCUT2D eigenvalue weighted by atomic mass is 10.2. The van der Waals surface area contributed by atoms with Crippen molar-refractivity contribution >= 4 is 62.7 Å². The third-order valence-corrected chi connectivity index (χ3v) is 8.55. The van der Waals surface area contributed by atoms with E-state index in [1.807, 2.05) is 25.1 Å². The molecule has 0 aliphatic rings. The van der Waals surface area contributed by atoms with Crippen molar-refractivity contribution in [2.45, 2.75) is 12.7 Å². The fraction of sp³-hybridized carbons (Fsp3) is 0.333. The minimum Gasteiger partial charge on any atom is -0.313 e. The zero-order valence-electron chi connectivity index (χ0n) is 11.0. The van der Waals surface area contributed by atoms with Gasteiger partial charge in [0.2, 0.25) is 0 Å². The summed E-state index contributed by atoms with van der Waals surface area (Å²) in [7, 11) is 1.45. The van der Waals surface area contributed by atoms with E-state index in [1.54, 1.807) is 0 Å². The number of hydrogen-bond acceptors (Lipinski definition) is 4. The van der Waals surface area contributed by atoms with Crippen LogP contribution >= 0.6 is 52.6 Å². The molecule has 0 aliphatic carbocycles. The van der Waals surface area contributed by atoms with E-state index in [0.29, 0.717) is 21.7 Å². The van der Waals surface area contributed by atoms with Crippen LogP contribution in [-0.2, 0) is 14.8 Å². The van der Waals surface area contributed by atoms with Crippen LogP contribution in [0.1, 0.15) is 12.5 Å². The fourth-order valence-electron chi connectivity index (χ4n) is 1.73. The van der Waals surface area contributed by atoms with Gasteiger partial charge in [0.05, 0.1) is 4.34 Å². The van der Waals surface area contributed by atoms with E-state index < -0.39 is 6.72 Å². The quantitative estimate of drug-likeness (QED) is 0.652. The molecule has 0 aliphatic heterocycles. The van der Waals surface area contributed by atoms with Gasteiger partial charge < -0.3 is 4.52 Å². The Kier molecular flexibility index (Phi) is 5.83. The average Bonchev–Trinajstić information content (AvgIpc) is 2.72. The molecule has 0 amide bonds. The third kappa shape index (κ3) is 3.72. The third-order valence-electron chi connectivity index (χ3n) is 2.67. The Hall–Kier alpha value is 0.260. The molecule has 3 nitrogen and oxygen atoms in total. The smallest absolute Gasteiger partial charge is 0.313 e. The predicted molar refractivity (Wildman–Crippen MR) is 91.4 cm³/mol. The molecule has 0 spiro atoms. The molecule has 20 heavy (non-hydrogen) atoms. The molecule has 8 heteroatoms. The Balaban J connectivity index is 2.27. The first kappa shape index (κ1) is 16.6. The fourth-order valence-corrected chi connectivity index (χ4v) is 6.61. The highest BCUT2D eigenvalue weighted by Gasteiger charge is 2.23. The van der Waals surface area contributed by atoms with E-state index in [2.05, 4.69) is 5.09 Å². The van der Waals surface area contributed by atoms with Crippen LogP contribution in [0.4, 0.5) is 0 Å². The Bertz CT molecular complexity index is 662. The van der Waals surface area contributed by atoms with E-state index in [9.17, 15) is 4.57 Å². The lowest BCUT2D eigenvalue weighted by molar-refractivity contribution is 0.400. The number of rotatable bonds is 6. The highest BCUT2D eigenvalue weighted by atomic mass is 35.5. The second-order valence-corrected chi connectivity index (χ2v) is 10.5. The summed E-state index contributed by atoms with van der Waals surface area (Å²) in [6.07, 6.45) is 0. The highest BCUT2D eigenvalue weighted by Crippen LogP contribution is 2.57. The summed E-state index contributed by atoms with van der Waals surface area (Å²) in [4.78, 5) is 0. The first-order valence-corrected chi connectivity index (χ1v) is 10.7. The molecule has 0 saturated heterocycles. The first-order chi connectivity index (χ1) is 9.49. The van der Waals surface area contributed by atoms with Crippen LogP contribution in [0.15, 0.2) is 18.2 Å². The van der Waals surface area contributed by atoms with Gasteiger partial charge in [0.25, 0.3) is 0 Å². The van der Waals surface area contributed by atoms with Gasteiger partial charge in [0, 0.05) is 34.7 Å². The largest absolute Gasteiger partial charge is 0.326 e. The maximum atomic E-state index is 12.4. The van der Waals surface area contributed by atoms with Gasteiger partial charge >= 0.3 is 6.72 Å². The van der Waals surface area contributed by atoms with E-state index in [4.69, 9.17) is 27.7 Å². The minimum atomic E-state index is -2.87. The van der Waals surface area contributed by atoms with E-state index in [1.165, 1.54) is 29.8 Å². The summed E-state index contributed by atoms with van der Waals surface area (Å²) in [5.41, 5.74) is 0.953. The van der Waals surface area contributed by atoms with Crippen LogP contribution in [0.25, 0.3) is 10.1 Å². The van der Waals surface area contributed by atoms with Crippen LogP contribution in [0.2, 0.25) is 9.36 Å².